The van der Waals surface area contributed by atoms with Crippen molar-refractivity contribution in [2.24, 2.45) is 0 Å². The number of hydrogen-bond donors (Lipinski definition) is 0. The second kappa shape index (κ2) is 4.99. The summed E-state index contributed by atoms with van der Waals surface area (Å²) in [5.74, 6) is -0.288. The van der Waals surface area contributed by atoms with E-state index in [2.05, 4.69) is 6.58 Å². The first kappa shape index (κ1) is 13.2. The van der Waals surface area contributed by atoms with E-state index in [1.165, 1.54) is 18.2 Å². The SMILES string of the molecule is C=CC(=O)/C=C/c1ccc(C(F)(F)F)cc1C. The molecule has 0 spiro atoms. The Morgan fingerprint density at radius 3 is 2.47 bits per heavy atom. The first-order valence-corrected chi connectivity index (χ1v) is 4.87. The van der Waals surface area contributed by atoms with Crippen molar-refractivity contribution in [2.45, 2.75) is 13.1 Å². The lowest BCUT2D eigenvalue weighted by molar-refractivity contribution is -0.137. The number of ketones is 1. The number of carbonyl (C=O) groups is 1. The van der Waals surface area contributed by atoms with Gasteiger partial charge in [-0.2, -0.15) is 13.2 Å². The molecule has 1 aromatic rings. The molecule has 0 fully saturated rings. The van der Waals surface area contributed by atoms with Crippen LogP contribution in [0.25, 0.3) is 6.08 Å². The van der Waals surface area contributed by atoms with Crippen molar-refractivity contribution in [1.82, 2.24) is 0 Å². The second-order valence-corrected chi connectivity index (χ2v) is 3.51. The maximum Gasteiger partial charge on any atom is 0.416 e. The van der Waals surface area contributed by atoms with Crippen LogP contribution >= 0.6 is 0 Å². The number of benzene rings is 1. The summed E-state index contributed by atoms with van der Waals surface area (Å²) in [7, 11) is 0. The van der Waals surface area contributed by atoms with Gasteiger partial charge in [-0.25, -0.2) is 0 Å². The third-order valence-electron chi connectivity index (χ3n) is 2.23. The summed E-state index contributed by atoms with van der Waals surface area (Å²) in [6.45, 7) is 4.85. The lowest BCUT2D eigenvalue weighted by Crippen LogP contribution is -2.05. The molecule has 1 rings (SSSR count). The van der Waals surface area contributed by atoms with Crippen LogP contribution in [0.5, 0.6) is 0 Å². The molecule has 0 saturated heterocycles. The molecule has 0 atom stereocenters. The molecule has 0 N–H and O–H groups in total. The fraction of sp³-hybridized carbons (Fsp3) is 0.154. The molecule has 0 aliphatic heterocycles. The first-order valence-electron chi connectivity index (χ1n) is 4.87. The average Bonchev–Trinajstić information content (AvgIpc) is 2.25. The zero-order valence-corrected chi connectivity index (χ0v) is 9.21. The van der Waals surface area contributed by atoms with Crippen LogP contribution in [-0.4, -0.2) is 5.78 Å². The highest BCUT2D eigenvalue weighted by atomic mass is 19.4. The lowest BCUT2D eigenvalue weighted by Gasteiger charge is -2.08. The highest BCUT2D eigenvalue weighted by Gasteiger charge is 2.30. The largest absolute Gasteiger partial charge is 0.416 e. The fourth-order valence-corrected chi connectivity index (χ4v) is 1.28. The molecule has 17 heavy (non-hydrogen) atoms. The minimum absolute atomic E-state index is 0.288. The summed E-state index contributed by atoms with van der Waals surface area (Å²) >= 11 is 0. The van der Waals surface area contributed by atoms with E-state index in [0.717, 1.165) is 18.2 Å². The minimum Gasteiger partial charge on any atom is -0.290 e. The summed E-state index contributed by atoms with van der Waals surface area (Å²) in [5, 5.41) is 0. The highest BCUT2D eigenvalue weighted by molar-refractivity contribution is 6.01. The molecule has 1 nitrogen and oxygen atoms in total. The van der Waals surface area contributed by atoms with E-state index in [1.807, 2.05) is 0 Å². The van der Waals surface area contributed by atoms with Gasteiger partial charge in [0.15, 0.2) is 5.78 Å². The van der Waals surface area contributed by atoms with E-state index >= 15 is 0 Å². The van der Waals surface area contributed by atoms with Crippen molar-refractivity contribution >= 4 is 11.9 Å². The summed E-state index contributed by atoms with van der Waals surface area (Å²) in [4.78, 5) is 10.9. The molecule has 0 aliphatic rings. The molecule has 4 heteroatoms. The van der Waals surface area contributed by atoms with Gasteiger partial charge in [0, 0.05) is 0 Å². The van der Waals surface area contributed by atoms with E-state index in [-0.39, 0.29) is 5.78 Å². The van der Waals surface area contributed by atoms with Gasteiger partial charge in [0.1, 0.15) is 0 Å². The highest BCUT2D eigenvalue weighted by Crippen LogP contribution is 2.30. The number of rotatable bonds is 3. The molecule has 0 aliphatic carbocycles. The van der Waals surface area contributed by atoms with Gasteiger partial charge in [-0.15, -0.1) is 0 Å². The zero-order chi connectivity index (χ0) is 13.1. The van der Waals surface area contributed by atoms with E-state index in [4.69, 9.17) is 0 Å². The standard InChI is InChI=1S/C13H11F3O/c1-3-12(17)7-5-10-4-6-11(8-9(10)2)13(14,15)16/h3-8H,1H2,2H3/b7-5+. The molecule has 0 amide bonds. The summed E-state index contributed by atoms with van der Waals surface area (Å²) in [6, 6.07) is 3.38. The van der Waals surface area contributed by atoms with Gasteiger partial charge >= 0.3 is 6.18 Å². The monoisotopic (exact) mass is 240 g/mol. The van der Waals surface area contributed by atoms with Gasteiger partial charge in [-0.3, -0.25) is 4.79 Å². The number of aryl methyl sites for hydroxylation is 1. The number of alkyl halides is 3. The van der Waals surface area contributed by atoms with Crippen LogP contribution in [0.1, 0.15) is 16.7 Å². The Kier molecular flexibility index (Phi) is 3.89. The Hall–Kier alpha value is -1.84. The van der Waals surface area contributed by atoms with Crippen LogP contribution in [0, 0.1) is 6.92 Å². The maximum atomic E-state index is 12.4. The molecule has 0 bridgehead atoms. The quantitative estimate of drug-likeness (QED) is 0.735. The van der Waals surface area contributed by atoms with Crippen molar-refractivity contribution < 1.29 is 18.0 Å². The molecule has 0 aromatic heterocycles. The Labute approximate surface area is 97.3 Å². The van der Waals surface area contributed by atoms with Crippen molar-refractivity contribution in [1.29, 1.82) is 0 Å². The normalized spacial score (nSPS) is 11.8. The van der Waals surface area contributed by atoms with Gasteiger partial charge < -0.3 is 0 Å². The van der Waals surface area contributed by atoms with Crippen LogP contribution in [0.3, 0.4) is 0 Å². The molecule has 90 valence electrons. The van der Waals surface area contributed by atoms with Crippen LogP contribution < -0.4 is 0 Å². The molecule has 0 unspecified atom stereocenters. The predicted octanol–water partition coefficient (Wildman–Crippen LogP) is 3.78. The molecular formula is C13H11F3O. The minimum atomic E-state index is -4.34. The van der Waals surface area contributed by atoms with Crippen LogP contribution in [-0.2, 0) is 11.0 Å². The van der Waals surface area contributed by atoms with E-state index in [0.29, 0.717) is 11.1 Å². The number of allylic oxidation sites excluding steroid dienone is 2. The Balaban J connectivity index is 3.02. The van der Waals surface area contributed by atoms with Gasteiger partial charge in [-0.1, -0.05) is 18.7 Å². The molecule has 0 heterocycles. The second-order valence-electron chi connectivity index (χ2n) is 3.51. The molecule has 1 aromatic carbocycles. The summed E-state index contributed by atoms with van der Waals surface area (Å²) in [5.41, 5.74) is 0.350. The van der Waals surface area contributed by atoms with Gasteiger partial charge in [-0.05, 0) is 42.3 Å². The van der Waals surface area contributed by atoms with E-state index < -0.39 is 11.7 Å². The topological polar surface area (TPSA) is 17.1 Å². The Morgan fingerprint density at radius 1 is 1.35 bits per heavy atom. The third kappa shape index (κ3) is 3.59. The Morgan fingerprint density at radius 2 is 2.00 bits per heavy atom. The van der Waals surface area contributed by atoms with E-state index in [9.17, 15) is 18.0 Å². The molecular weight excluding hydrogens is 229 g/mol. The van der Waals surface area contributed by atoms with E-state index in [1.54, 1.807) is 6.92 Å². The summed E-state index contributed by atoms with van der Waals surface area (Å²) in [6.07, 6.45) is -0.470. The van der Waals surface area contributed by atoms with Gasteiger partial charge in [0.05, 0.1) is 5.56 Å². The smallest absolute Gasteiger partial charge is 0.290 e. The van der Waals surface area contributed by atoms with Crippen LogP contribution in [0.2, 0.25) is 0 Å². The molecule has 0 radical (unpaired) electrons. The number of carbonyl (C=O) groups excluding carboxylic acids is 1. The van der Waals surface area contributed by atoms with Gasteiger partial charge in [0.2, 0.25) is 0 Å². The maximum absolute atomic E-state index is 12.4. The number of hydrogen-bond acceptors (Lipinski definition) is 1. The Bertz CT molecular complexity index is 470. The number of halogens is 3. The van der Waals surface area contributed by atoms with Crippen molar-refractivity contribution in [3.05, 3.63) is 53.6 Å². The average molecular weight is 240 g/mol. The fourth-order valence-electron chi connectivity index (χ4n) is 1.28. The van der Waals surface area contributed by atoms with Crippen LogP contribution in [0.15, 0.2) is 36.9 Å². The van der Waals surface area contributed by atoms with Crippen molar-refractivity contribution in [2.75, 3.05) is 0 Å². The summed E-state index contributed by atoms with van der Waals surface area (Å²) < 4.78 is 37.1. The predicted molar refractivity (Wildman–Crippen MR) is 60.4 cm³/mol. The van der Waals surface area contributed by atoms with Crippen molar-refractivity contribution in [3.8, 4) is 0 Å². The first-order chi connectivity index (χ1) is 7.84. The van der Waals surface area contributed by atoms with Crippen LogP contribution in [0.4, 0.5) is 13.2 Å². The molecule has 0 saturated carbocycles. The lowest BCUT2D eigenvalue weighted by atomic mass is 10.0. The third-order valence-corrected chi connectivity index (χ3v) is 2.23. The zero-order valence-electron chi connectivity index (χ0n) is 9.21. The van der Waals surface area contributed by atoms with Crippen molar-refractivity contribution in [3.63, 3.8) is 0 Å². The van der Waals surface area contributed by atoms with Gasteiger partial charge in [0.25, 0.3) is 0 Å².